The fourth-order valence-corrected chi connectivity index (χ4v) is 3.23. The SMILES string of the molecule is Fc1ccc2nc(CN3CCC[C@@H]3c3ccccn3)[nH]c2c1. The Labute approximate surface area is 128 Å². The first-order chi connectivity index (χ1) is 10.8. The molecule has 0 spiro atoms. The number of fused-ring (bicyclic) bond motifs is 1. The van der Waals surface area contributed by atoms with Gasteiger partial charge in [0.05, 0.1) is 29.3 Å². The molecule has 1 fully saturated rings. The van der Waals surface area contributed by atoms with Crippen molar-refractivity contribution in [2.75, 3.05) is 6.54 Å². The average Bonchev–Trinajstić information content (AvgIpc) is 3.14. The lowest BCUT2D eigenvalue weighted by atomic mass is 10.1. The second kappa shape index (κ2) is 5.50. The van der Waals surface area contributed by atoms with E-state index in [2.05, 4.69) is 25.9 Å². The van der Waals surface area contributed by atoms with Gasteiger partial charge >= 0.3 is 0 Å². The van der Waals surface area contributed by atoms with E-state index >= 15 is 0 Å². The minimum Gasteiger partial charge on any atom is -0.341 e. The number of pyridine rings is 1. The number of likely N-dealkylation sites (tertiary alicyclic amines) is 1. The summed E-state index contributed by atoms with van der Waals surface area (Å²) >= 11 is 0. The zero-order valence-electron chi connectivity index (χ0n) is 12.2. The summed E-state index contributed by atoms with van der Waals surface area (Å²) in [6.45, 7) is 1.77. The van der Waals surface area contributed by atoms with E-state index in [-0.39, 0.29) is 5.82 Å². The summed E-state index contributed by atoms with van der Waals surface area (Å²) in [5.74, 6) is 0.638. The van der Waals surface area contributed by atoms with E-state index < -0.39 is 0 Å². The third kappa shape index (κ3) is 2.48. The molecule has 1 N–H and O–H groups in total. The van der Waals surface area contributed by atoms with Crippen molar-refractivity contribution in [3.63, 3.8) is 0 Å². The lowest BCUT2D eigenvalue weighted by Crippen LogP contribution is -2.24. The maximum Gasteiger partial charge on any atom is 0.125 e. The summed E-state index contributed by atoms with van der Waals surface area (Å²) in [5.41, 5.74) is 2.68. The lowest BCUT2D eigenvalue weighted by molar-refractivity contribution is 0.239. The van der Waals surface area contributed by atoms with Crippen LogP contribution in [-0.4, -0.2) is 26.4 Å². The van der Waals surface area contributed by atoms with Gasteiger partial charge in [-0.05, 0) is 49.7 Å². The molecule has 5 heteroatoms. The molecule has 0 unspecified atom stereocenters. The molecule has 1 aliphatic rings. The molecule has 1 aliphatic heterocycles. The van der Waals surface area contributed by atoms with Gasteiger partial charge in [0.1, 0.15) is 11.6 Å². The fourth-order valence-electron chi connectivity index (χ4n) is 3.23. The minimum atomic E-state index is -0.241. The van der Waals surface area contributed by atoms with Gasteiger partial charge in [0.2, 0.25) is 0 Å². The predicted molar refractivity (Wildman–Crippen MR) is 82.7 cm³/mol. The van der Waals surface area contributed by atoms with Gasteiger partial charge in [0.25, 0.3) is 0 Å². The van der Waals surface area contributed by atoms with Crippen LogP contribution in [0.3, 0.4) is 0 Å². The van der Waals surface area contributed by atoms with Crippen molar-refractivity contribution < 1.29 is 4.39 Å². The van der Waals surface area contributed by atoms with Crippen molar-refractivity contribution in [2.24, 2.45) is 0 Å². The molecule has 1 atom stereocenters. The van der Waals surface area contributed by atoms with Crippen LogP contribution in [0.1, 0.15) is 30.4 Å². The van der Waals surface area contributed by atoms with Crippen molar-refractivity contribution in [1.82, 2.24) is 19.9 Å². The molecule has 0 amide bonds. The van der Waals surface area contributed by atoms with Crippen LogP contribution in [0.4, 0.5) is 4.39 Å². The number of halogens is 1. The molecule has 0 saturated carbocycles. The van der Waals surface area contributed by atoms with Gasteiger partial charge in [-0.25, -0.2) is 9.37 Å². The van der Waals surface area contributed by atoms with Crippen LogP contribution in [0.15, 0.2) is 42.6 Å². The molecular formula is C17H17FN4. The Morgan fingerprint density at radius 3 is 3.09 bits per heavy atom. The lowest BCUT2D eigenvalue weighted by Gasteiger charge is -2.22. The molecule has 0 radical (unpaired) electrons. The molecule has 2 aromatic heterocycles. The van der Waals surface area contributed by atoms with Crippen LogP contribution in [-0.2, 0) is 6.54 Å². The second-order valence-electron chi connectivity index (χ2n) is 5.73. The Balaban J connectivity index is 1.58. The van der Waals surface area contributed by atoms with E-state index in [1.54, 1.807) is 6.07 Å². The van der Waals surface area contributed by atoms with Crippen LogP contribution in [0, 0.1) is 5.82 Å². The van der Waals surface area contributed by atoms with Crippen molar-refractivity contribution in [1.29, 1.82) is 0 Å². The largest absolute Gasteiger partial charge is 0.341 e. The predicted octanol–water partition coefficient (Wildman–Crippen LogP) is 3.43. The van der Waals surface area contributed by atoms with Crippen molar-refractivity contribution in [2.45, 2.75) is 25.4 Å². The number of benzene rings is 1. The van der Waals surface area contributed by atoms with E-state index in [4.69, 9.17) is 0 Å². The van der Waals surface area contributed by atoms with E-state index in [0.717, 1.165) is 48.5 Å². The first-order valence-corrected chi connectivity index (χ1v) is 7.59. The van der Waals surface area contributed by atoms with Gasteiger partial charge in [-0.1, -0.05) is 6.07 Å². The van der Waals surface area contributed by atoms with Gasteiger partial charge in [-0.3, -0.25) is 9.88 Å². The summed E-state index contributed by atoms with van der Waals surface area (Å²) < 4.78 is 13.3. The fraction of sp³-hybridized carbons (Fsp3) is 0.294. The molecule has 112 valence electrons. The molecule has 0 aliphatic carbocycles. The number of rotatable bonds is 3. The molecule has 1 saturated heterocycles. The summed E-state index contributed by atoms with van der Waals surface area (Å²) in [7, 11) is 0. The van der Waals surface area contributed by atoms with Gasteiger partial charge < -0.3 is 4.98 Å². The first kappa shape index (κ1) is 13.4. The Hall–Kier alpha value is -2.27. The van der Waals surface area contributed by atoms with Gasteiger partial charge in [0, 0.05) is 6.20 Å². The second-order valence-corrected chi connectivity index (χ2v) is 5.73. The zero-order valence-corrected chi connectivity index (χ0v) is 12.2. The summed E-state index contributed by atoms with van der Waals surface area (Å²) in [6.07, 6.45) is 4.12. The topological polar surface area (TPSA) is 44.8 Å². The number of hydrogen-bond donors (Lipinski definition) is 1. The molecule has 0 bridgehead atoms. The van der Waals surface area contributed by atoms with Crippen LogP contribution in [0.25, 0.3) is 11.0 Å². The molecular weight excluding hydrogens is 279 g/mol. The number of hydrogen-bond acceptors (Lipinski definition) is 3. The van der Waals surface area contributed by atoms with E-state index in [0.29, 0.717) is 6.04 Å². The van der Waals surface area contributed by atoms with Crippen molar-refractivity contribution >= 4 is 11.0 Å². The number of H-pyrrole nitrogens is 1. The summed E-state index contributed by atoms with van der Waals surface area (Å²) in [5, 5.41) is 0. The molecule has 3 aromatic rings. The molecule has 3 heterocycles. The molecule has 4 nitrogen and oxygen atoms in total. The Morgan fingerprint density at radius 2 is 2.23 bits per heavy atom. The number of nitrogens with one attached hydrogen (secondary N) is 1. The maximum atomic E-state index is 13.3. The number of nitrogens with zero attached hydrogens (tertiary/aromatic N) is 3. The summed E-state index contributed by atoms with van der Waals surface area (Å²) in [4.78, 5) is 14.7. The molecule has 1 aromatic carbocycles. The maximum absolute atomic E-state index is 13.3. The number of aromatic amines is 1. The number of aromatic nitrogens is 3. The van der Waals surface area contributed by atoms with Crippen molar-refractivity contribution in [3.05, 3.63) is 59.9 Å². The van der Waals surface area contributed by atoms with Gasteiger partial charge in [-0.2, -0.15) is 0 Å². The highest BCUT2D eigenvalue weighted by Gasteiger charge is 2.27. The van der Waals surface area contributed by atoms with E-state index in [1.165, 1.54) is 12.1 Å². The summed E-state index contributed by atoms with van der Waals surface area (Å²) in [6, 6.07) is 11.0. The third-order valence-corrected chi connectivity index (χ3v) is 4.24. The van der Waals surface area contributed by atoms with E-state index in [1.807, 2.05) is 18.3 Å². The van der Waals surface area contributed by atoms with Gasteiger partial charge in [-0.15, -0.1) is 0 Å². The highest BCUT2D eigenvalue weighted by molar-refractivity contribution is 5.74. The quantitative estimate of drug-likeness (QED) is 0.805. The normalized spacial score (nSPS) is 19.0. The minimum absolute atomic E-state index is 0.241. The van der Waals surface area contributed by atoms with Gasteiger partial charge in [0.15, 0.2) is 0 Å². The van der Waals surface area contributed by atoms with E-state index in [9.17, 15) is 4.39 Å². The highest BCUT2D eigenvalue weighted by Crippen LogP contribution is 2.31. The average molecular weight is 296 g/mol. The highest BCUT2D eigenvalue weighted by atomic mass is 19.1. The standard InChI is InChI=1S/C17H17FN4/c18-12-6-7-13-15(10-12)21-17(20-13)11-22-9-3-5-16(22)14-4-1-2-8-19-14/h1-2,4,6-8,10,16H,3,5,9,11H2,(H,20,21)/t16-/m1/s1. The van der Waals surface area contributed by atoms with Crippen LogP contribution in [0.2, 0.25) is 0 Å². The third-order valence-electron chi connectivity index (χ3n) is 4.24. The monoisotopic (exact) mass is 296 g/mol. The Bertz CT molecular complexity index is 784. The number of imidazole rings is 1. The molecule has 22 heavy (non-hydrogen) atoms. The first-order valence-electron chi connectivity index (χ1n) is 7.59. The van der Waals surface area contributed by atoms with Crippen LogP contribution in [0.5, 0.6) is 0 Å². The van der Waals surface area contributed by atoms with Crippen LogP contribution >= 0.6 is 0 Å². The Kier molecular flexibility index (Phi) is 3.35. The smallest absolute Gasteiger partial charge is 0.125 e. The Morgan fingerprint density at radius 1 is 1.27 bits per heavy atom. The zero-order chi connectivity index (χ0) is 14.9. The molecule has 4 rings (SSSR count). The van der Waals surface area contributed by atoms with Crippen LogP contribution < -0.4 is 0 Å². The van der Waals surface area contributed by atoms with Crippen molar-refractivity contribution in [3.8, 4) is 0 Å².